The van der Waals surface area contributed by atoms with Gasteiger partial charge in [-0.2, -0.15) is 0 Å². The van der Waals surface area contributed by atoms with Gasteiger partial charge in [0.25, 0.3) is 5.91 Å². The Morgan fingerprint density at radius 1 is 1.11 bits per heavy atom. The molecule has 0 saturated heterocycles. The second-order valence-electron chi connectivity index (χ2n) is 6.57. The maximum absolute atomic E-state index is 13.4. The highest BCUT2D eigenvalue weighted by Crippen LogP contribution is 2.33. The Morgan fingerprint density at radius 3 is 2.71 bits per heavy atom. The third-order valence-electron chi connectivity index (χ3n) is 4.67. The molecule has 6 heteroatoms. The van der Waals surface area contributed by atoms with E-state index in [1.165, 1.54) is 16.9 Å². The fourth-order valence-corrected chi connectivity index (χ4v) is 4.41. The maximum atomic E-state index is 13.4. The molecule has 2 aromatic heterocycles. The number of aromatic nitrogens is 2. The monoisotopic (exact) mass is 451 g/mol. The van der Waals surface area contributed by atoms with Crippen LogP contribution >= 0.6 is 27.3 Å². The van der Waals surface area contributed by atoms with Gasteiger partial charge in [-0.3, -0.25) is 14.7 Å². The summed E-state index contributed by atoms with van der Waals surface area (Å²) in [6.07, 6.45) is 1.74. The van der Waals surface area contributed by atoms with Crippen LogP contribution in [0.3, 0.4) is 0 Å². The molecule has 0 N–H and O–H groups in total. The van der Waals surface area contributed by atoms with Gasteiger partial charge in [-0.05, 0) is 61.4 Å². The minimum Gasteiger partial charge on any atom is -0.278 e. The fraction of sp³-hybridized carbons (Fsp3) is 0.136. The van der Waals surface area contributed by atoms with Crippen molar-refractivity contribution in [2.24, 2.45) is 0 Å². The molecule has 2 heterocycles. The number of aryl methyl sites for hydroxylation is 2. The molecule has 0 fully saturated rings. The number of amides is 1. The molecule has 4 rings (SSSR count). The van der Waals surface area contributed by atoms with Crippen LogP contribution in [0.15, 0.2) is 65.3 Å². The standard InChI is InChI=1S/C22H18BrN3OS/c1-14-9-10-19-20(15(14)2)25-22(28-19)26(13-18-8-3-4-11-24-18)21(27)16-6-5-7-17(23)12-16/h3-12H,13H2,1-2H3. The molecule has 0 radical (unpaired) electrons. The van der Waals surface area contributed by atoms with E-state index in [1.54, 1.807) is 11.1 Å². The van der Waals surface area contributed by atoms with E-state index >= 15 is 0 Å². The molecule has 28 heavy (non-hydrogen) atoms. The van der Waals surface area contributed by atoms with Crippen molar-refractivity contribution in [3.8, 4) is 0 Å². The van der Waals surface area contributed by atoms with Gasteiger partial charge in [-0.1, -0.05) is 45.5 Å². The summed E-state index contributed by atoms with van der Waals surface area (Å²) in [5.41, 5.74) is 4.72. The molecule has 4 aromatic rings. The molecule has 0 spiro atoms. The first kappa shape index (κ1) is 18.8. The topological polar surface area (TPSA) is 46.1 Å². The number of carbonyl (C=O) groups is 1. The van der Waals surface area contributed by atoms with E-state index < -0.39 is 0 Å². The minimum atomic E-state index is -0.0969. The predicted octanol–water partition coefficient (Wildman–Crippen LogP) is 5.92. The fourth-order valence-electron chi connectivity index (χ4n) is 2.99. The Labute approximate surface area is 176 Å². The van der Waals surface area contributed by atoms with Crippen molar-refractivity contribution in [1.82, 2.24) is 9.97 Å². The van der Waals surface area contributed by atoms with Crippen molar-refractivity contribution >= 4 is 48.5 Å². The van der Waals surface area contributed by atoms with Gasteiger partial charge >= 0.3 is 0 Å². The van der Waals surface area contributed by atoms with Crippen LogP contribution in [0.4, 0.5) is 5.13 Å². The number of thiazole rings is 1. The number of anilines is 1. The number of hydrogen-bond acceptors (Lipinski definition) is 4. The van der Waals surface area contributed by atoms with Crippen LogP contribution in [0.25, 0.3) is 10.2 Å². The first-order chi connectivity index (χ1) is 13.5. The smallest absolute Gasteiger partial charge is 0.260 e. The van der Waals surface area contributed by atoms with E-state index in [9.17, 15) is 4.79 Å². The van der Waals surface area contributed by atoms with Gasteiger partial charge in [-0.25, -0.2) is 4.98 Å². The van der Waals surface area contributed by atoms with Crippen LogP contribution in [0.5, 0.6) is 0 Å². The van der Waals surface area contributed by atoms with Crippen molar-refractivity contribution in [3.05, 3.63) is 87.7 Å². The van der Waals surface area contributed by atoms with Crippen molar-refractivity contribution in [3.63, 3.8) is 0 Å². The van der Waals surface area contributed by atoms with E-state index in [2.05, 4.69) is 46.9 Å². The molecule has 0 aliphatic rings. The lowest BCUT2D eigenvalue weighted by Gasteiger charge is -2.19. The van der Waals surface area contributed by atoms with E-state index in [4.69, 9.17) is 4.98 Å². The SMILES string of the molecule is Cc1ccc2sc(N(Cc3ccccn3)C(=O)c3cccc(Br)c3)nc2c1C. The van der Waals surface area contributed by atoms with Gasteiger partial charge in [0.05, 0.1) is 22.5 Å². The second-order valence-corrected chi connectivity index (χ2v) is 8.50. The Balaban J connectivity index is 1.80. The number of fused-ring (bicyclic) bond motifs is 1. The lowest BCUT2D eigenvalue weighted by Crippen LogP contribution is -2.30. The summed E-state index contributed by atoms with van der Waals surface area (Å²) in [6.45, 7) is 4.51. The van der Waals surface area contributed by atoms with E-state index in [-0.39, 0.29) is 5.91 Å². The highest BCUT2D eigenvalue weighted by molar-refractivity contribution is 9.10. The average Bonchev–Trinajstić information content (AvgIpc) is 3.14. The molecule has 0 saturated carbocycles. The molecule has 0 bridgehead atoms. The third-order valence-corrected chi connectivity index (χ3v) is 6.20. The van der Waals surface area contributed by atoms with Gasteiger partial charge in [0, 0.05) is 16.2 Å². The number of halogens is 1. The molecular weight excluding hydrogens is 434 g/mol. The predicted molar refractivity (Wildman–Crippen MR) is 118 cm³/mol. The lowest BCUT2D eigenvalue weighted by molar-refractivity contribution is 0.0984. The quantitative estimate of drug-likeness (QED) is 0.386. The van der Waals surface area contributed by atoms with Crippen LogP contribution in [-0.2, 0) is 6.54 Å². The summed E-state index contributed by atoms with van der Waals surface area (Å²) >= 11 is 4.98. The number of carbonyl (C=O) groups excluding carboxylic acids is 1. The highest BCUT2D eigenvalue weighted by atomic mass is 79.9. The number of rotatable bonds is 4. The van der Waals surface area contributed by atoms with Gasteiger partial charge in [-0.15, -0.1) is 0 Å². The number of benzene rings is 2. The summed E-state index contributed by atoms with van der Waals surface area (Å²) < 4.78 is 1.94. The zero-order valence-corrected chi connectivity index (χ0v) is 17.9. The van der Waals surface area contributed by atoms with Crippen LogP contribution in [-0.4, -0.2) is 15.9 Å². The Morgan fingerprint density at radius 2 is 1.96 bits per heavy atom. The van der Waals surface area contributed by atoms with E-state index in [0.717, 1.165) is 25.9 Å². The van der Waals surface area contributed by atoms with Crippen molar-refractivity contribution in [2.75, 3.05) is 4.90 Å². The maximum Gasteiger partial charge on any atom is 0.260 e. The Bertz CT molecular complexity index is 1160. The Hall–Kier alpha value is -2.57. The van der Waals surface area contributed by atoms with Crippen LogP contribution in [0.1, 0.15) is 27.2 Å². The van der Waals surface area contributed by atoms with Gasteiger partial charge in [0.2, 0.25) is 0 Å². The Kier molecular flexibility index (Phi) is 5.24. The number of hydrogen-bond donors (Lipinski definition) is 0. The zero-order chi connectivity index (χ0) is 19.7. The molecule has 2 aromatic carbocycles. The molecule has 0 aliphatic heterocycles. The van der Waals surface area contributed by atoms with Crippen molar-refractivity contribution in [1.29, 1.82) is 0 Å². The number of pyridine rings is 1. The lowest BCUT2D eigenvalue weighted by atomic mass is 10.1. The van der Waals surface area contributed by atoms with Gasteiger partial charge in [0.15, 0.2) is 5.13 Å². The molecule has 140 valence electrons. The third kappa shape index (κ3) is 3.70. The van der Waals surface area contributed by atoms with E-state index in [0.29, 0.717) is 17.2 Å². The van der Waals surface area contributed by atoms with E-state index in [1.807, 2.05) is 42.5 Å². The van der Waals surface area contributed by atoms with Gasteiger partial charge in [0.1, 0.15) is 0 Å². The van der Waals surface area contributed by atoms with Crippen LogP contribution < -0.4 is 4.90 Å². The molecular formula is C22H18BrN3OS. The summed E-state index contributed by atoms with van der Waals surface area (Å²) in [7, 11) is 0. The highest BCUT2D eigenvalue weighted by Gasteiger charge is 2.23. The van der Waals surface area contributed by atoms with Crippen molar-refractivity contribution < 1.29 is 4.79 Å². The second kappa shape index (κ2) is 7.81. The normalized spacial score (nSPS) is 11.0. The molecule has 0 aliphatic carbocycles. The molecule has 4 nitrogen and oxygen atoms in total. The summed E-state index contributed by atoms with van der Waals surface area (Å²) in [6, 6.07) is 17.3. The summed E-state index contributed by atoms with van der Waals surface area (Å²) in [4.78, 5) is 24.3. The summed E-state index contributed by atoms with van der Waals surface area (Å²) in [5.74, 6) is -0.0969. The zero-order valence-electron chi connectivity index (χ0n) is 15.5. The minimum absolute atomic E-state index is 0.0969. The molecule has 0 atom stereocenters. The van der Waals surface area contributed by atoms with Gasteiger partial charge < -0.3 is 0 Å². The largest absolute Gasteiger partial charge is 0.278 e. The molecule has 1 amide bonds. The van der Waals surface area contributed by atoms with Crippen molar-refractivity contribution in [2.45, 2.75) is 20.4 Å². The molecule has 0 unspecified atom stereocenters. The average molecular weight is 452 g/mol. The first-order valence-electron chi connectivity index (χ1n) is 8.87. The number of nitrogens with zero attached hydrogens (tertiary/aromatic N) is 3. The van der Waals surface area contributed by atoms with Crippen LogP contribution in [0.2, 0.25) is 0 Å². The summed E-state index contributed by atoms with van der Waals surface area (Å²) in [5, 5.41) is 0.680. The van der Waals surface area contributed by atoms with Crippen LogP contribution in [0, 0.1) is 13.8 Å². The first-order valence-corrected chi connectivity index (χ1v) is 10.5.